The Morgan fingerprint density at radius 1 is 1.17 bits per heavy atom. The first kappa shape index (κ1) is 17.7. The fraction of sp³-hybridized carbons (Fsp3) is 0.294. The van der Waals surface area contributed by atoms with Gasteiger partial charge >= 0.3 is 6.61 Å². The molecule has 2 N–H and O–H groups in total. The Balaban J connectivity index is 2.22. The Hall–Kier alpha value is -1.69. The first-order valence-corrected chi connectivity index (χ1v) is 7.55. The van der Waals surface area contributed by atoms with Crippen LogP contribution < -0.4 is 10.1 Å². The molecular weight excluding hydrogens is 324 g/mol. The number of hydrogen-bond acceptors (Lipinski definition) is 3. The van der Waals surface area contributed by atoms with Gasteiger partial charge in [0, 0.05) is 16.6 Å². The van der Waals surface area contributed by atoms with Crippen LogP contribution in [0.25, 0.3) is 0 Å². The molecule has 0 fully saturated rings. The maximum atomic E-state index is 12.5. The Bertz CT molecular complexity index is 625. The Morgan fingerprint density at radius 3 is 2.48 bits per heavy atom. The minimum atomic E-state index is -2.91. The highest BCUT2D eigenvalue weighted by Gasteiger charge is 2.19. The van der Waals surface area contributed by atoms with Gasteiger partial charge in [-0.25, -0.2) is 0 Å². The number of rotatable bonds is 7. The van der Waals surface area contributed by atoms with Crippen molar-refractivity contribution in [2.45, 2.75) is 25.6 Å². The predicted octanol–water partition coefficient (Wildman–Crippen LogP) is 4.33. The summed E-state index contributed by atoms with van der Waals surface area (Å²) < 4.78 is 29.6. The van der Waals surface area contributed by atoms with Crippen LogP contribution in [0, 0.1) is 0 Å². The number of ether oxygens (including phenoxy) is 1. The second-order valence-corrected chi connectivity index (χ2v) is 5.53. The summed E-state index contributed by atoms with van der Waals surface area (Å²) in [4.78, 5) is 0. The highest BCUT2D eigenvalue weighted by atomic mass is 35.5. The van der Waals surface area contributed by atoms with Crippen LogP contribution in [0.4, 0.5) is 8.78 Å². The zero-order valence-electron chi connectivity index (χ0n) is 12.5. The zero-order chi connectivity index (χ0) is 16.8. The van der Waals surface area contributed by atoms with E-state index in [9.17, 15) is 13.9 Å². The fourth-order valence-electron chi connectivity index (χ4n) is 2.39. The Morgan fingerprint density at radius 2 is 1.87 bits per heavy atom. The van der Waals surface area contributed by atoms with Crippen molar-refractivity contribution in [1.82, 2.24) is 5.32 Å². The molecule has 124 valence electrons. The average Bonchev–Trinajstić information content (AvgIpc) is 2.54. The molecule has 2 aromatic rings. The summed E-state index contributed by atoms with van der Waals surface area (Å²) >= 11 is 5.96. The number of aliphatic hydroxyl groups excluding tert-OH is 1. The number of aliphatic hydroxyl groups is 1. The molecule has 0 aliphatic rings. The topological polar surface area (TPSA) is 41.5 Å². The molecule has 0 amide bonds. The molecule has 2 rings (SSSR count). The maximum absolute atomic E-state index is 12.5. The van der Waals surface area contributed by atoms with Crippen molar-refractivity contribution < 1.29 is 18.6 Å². The fourth-order valence-corrected chi connectivity index (χ4v) is 2.57. The molecule has 2 unspecified atom stereocenters. The van der Waals surface area contributed by atoms with Crippen LogP contribution in [-0.2, 0) is 0 Å². The Kier molecular flexibility index (Phi) is 6.33. The van der Waals surface area contributed by atoms with Crippen LogP contribution in [0.5, 0.6) is 5.75 Å². The third kappa shape index (κ3) is 4.89. The van der Waals surface area contributed by atoms with Gasteiger partial charge in [-0.1, -0.05) is 41.9 Å². The van der Waals surface area contributed by atoms with Gasteiger partial charge < -0.3 is 15.2 Å². The van der Waals surface area contributed by atoms with Crippen LogP contribution in [0.15, 0.2) is 48.5 Å². The van der Waals surface area contributed by atoms with Gasteiger partial charge in [0.25, 0.3) is 0 Å². The molecule has 2 atom stereocenters. The average molecular weight is 342 g/mol. The third-order valence-corrected chi connectivity index (χ3v) is 3.73. The van der Waals surface area contributed by atoms with Crippen LogP contribution in [0.3, 0.4) is 0 Å². The van der Waals surface area contributed by atoms with Crippen molar-refractivity contribution in [3.8, 4) is 5.75 Å². The molecule has 3 nitrogen and oxygen atoms in total. The largest absolute Gasteiger partial charge is 0.434 e. The number of alkyl halides is 2. The molecule has 0 saturated heterocycles. The monoisotopic (exact) mass is 341 g/mol. The second kappa shape index (κ2) is 8.24. The number of benzene rings is 2. The SMILES string of the molecule is CC(NC(CO)c1ccccc1)c1cc(Cl)ccc1OC(F)F. The van der Waals surface area contributed by atoms with Gasteiger partial charge in [0.1, 0.15) is 5.75 Å². The van der Waals surface area contributed by atoms with E-state index in [0.717, 1.165) is 5.56 Å². The van der Waals surface area contributed by atoms with E-state index in [1.165, 1.54) is 12.1 Å². The van der Waals surface area contributed by atoms with Gasteiger partial charge in [-0.3, -0.25) is 0 Å². The Labute approximate surface area is 138 Å². The minimum Gasteiger partial charge on any atom is -0.434 e. The van der Waals surface area contributed by atoms with Crippen LogP contribution >= 0.6 is 11.6 Å². The van der Waals surface area contributed by atoms with Gasteiger partial charge in [0.2, 0.25) is 0 Å². The summed E-state index contributed by atoms with van der Waals surface area (Å²) in [6.45, 7) is -1.24. The van der Waals surface area contributed by atoms with Crippen molar-refractivity contribution in [3.05, 3.63) is 64.7 Å². The molecular formula is C17H18ClF2NO2. The summed E-state index contributed by atoms with van der Waals surface area (Å²) in [6, 6.07) is 13.2. The number of hydrogen-bond donors (Lipinski definition) is 2. The van der Waals surface area contributed by atoms with Crippen LogP contribution in [0.2, 0.25) is 5.02 Å². The minimum absolute atomic E-state index is 0.0640. The van der Waals surface area contributed by atoms with Crippen molar-refractivity contribution in [3.63, 3.8) is 0 Å². The third-order valence-electron chi connectivity index (χ3n) is 3.49. The van der Waals surface area contributed by atoms with Gasteiger partial charge in [-0.2, -0.15) is 8.78 Å². The lowest BCUT2D eigenvalue weighted by Gasteiger charge is -2.24. The smallest absolute Gasteiger partial charge is 0.387 e. The molecule has 0 aliphatic carbocycles. The second-order valence-electron chi connectivity index (χ2n) is 5.09. The molecule has 23 heavy (non-hydrogen) atoms. The van der Waals surface area contributed by atoms with E-state index >= 15 is 0 Å². The lowest BCUT2D eigenvalue weighted by atomic mass is 10.0. The molecule has 0 radical (unpaired) electrons. The van der Waals surface area contributed by atoms with E-state index in [4.69, 9.17) is 11.6 Å². The van der Waals surface area contributed by atoms with Gasteiger partial charge in [-0.05, 0) is 30.7 Å². The molecule has 0 aromatic heterocycles. The predicted molar refractivity (Wildman–Crippen MR) is 85.9 cm³/mol. The van der Waals surface area contributed by atoms with E-state index in [1.54, 1.807) is 13.0 Å². The van der Waals surface area contributed by atoms with Gasteiger partial charge in [0.05, 0.1) is 12.6 Å². The highest BCUT2D eigenvalue weighted by Crippen LogP contribution is 2.31. The van der Waals surface area contributed by atoms with Crippen molar-refractivity contribution in [2.75, 3.05) is 6.61 Å². The molecule has 0 bridgehead atoms. The van der Waals surface area contributed by atoms with E-state index < -0.39 is 6.61 Å². The van der Waals surface area contributed by atoms with Crippen molar-refractivity contribution >= 4 is 11.6 Å². The van der Waals surface area contributed by atoms with Gasteiger partial charge in [0.15, 0.2) is 0 Å². The summed E-state index contributed by atoms with van der Waals surface area (Å²) in [7, 11) is 0. The van der Waals surface area contributed by atoms with Crippen molar-refractivity contribution in [2.24, 2.45) is 0 Å². The molecule has 0 spiro atoms. The van der Waals surface area contributed by atoms with Crippen LogP contribution in [0.1, 0.15) is 30.1 Å². The lowest BCUT2D eigenvalue weighted by molar-refractivity contribution is -0.0507. The lowest BCUT2D eigenvalue weighted by Crippen LogP contribution is -2.27. The maximum Gasteiger partial charge on any atom is 0.387 e. The number of nitrogens with one attached hydrogen (secondary N) is 1. The standard InChI is InChI=1S/C17H18ClF2NO2/c1-11(21-15(10-22)12-5-3-2-4-6-12)14-9-13(18)7-8-16(14)23-17(19)20/h2-9,11,15,17,21-22H,10H2,1H3. The van der Waals surface area contributed by atoms with Gasteiger partial charge in [-0.15, -0.1) is 0 Å². The number of halogens is 3. The zero-order valence-corrected chi connectivity index (χ0v) is 13.3. The first-order chi connectivity index (χ1) is 11.0. The van der Waals surface area contributed by atoms with E-state index in [0.29, 0.717) is 10.6 Å². The quantitative estimate of drug-likeness (QED) is 0.787. The first-order valence-electron chi connectivity index (χ1n) is 7.17. The molecule has 0 aliphatic heterocycles. The normalized spacial score (nSPS) is 13.8. The summed E-state index contributed by atoms with van der Waals surface area (Å²) in [5.74, 6) is 0.0640. The summed E-state index contributed by atoms with van der Waals surface area (Å²) in [5.41, 5.74) is 1.41. The molecule has 2 aromatic carbocycles. The molecule has 6 heteroatoms. The van der Waals surface area contributed by atoms with E-state index in [1.807, 2.05) is 30.3 Å². The highest BCUT2D eigenvalue weighted by molar-refractivity contribution is 6.30. The molecule has 0 saturated carbocycles. The summed E-state index contributed by atoms with van der Waals surface area (Å²) in [5, 5.41) is 13.2. The van der Waals surface area contributed by atoms with Crippen molar-refractivity contribution in [1.29, 1.82) is 0 Å². The summed E-state index contributed by atoms with van der Waals surface area (Å²) in [6.07, 6.45) is 0. The van der Waals surface area contributed by atoms with Crippen LogP contribution in [-0.4, -0.2) is 18.3 Å². The van der Waals surface area contributed by atoms with E-state index in [-0.39, 0.29) is 24.4 Å². The van der Waals surface area contributed by atoms with E-state index in [2.05, 4.69) is 10.1 Å². The molecule has 0 heterocycles.